The van der Waals surface area contributed by atoms with Gasteiger partial charge >= 0.3 is 0 Å². The zero-order valence-corrected chi connectivity index (χ0v) is 13.8. The Balaban J connectivity index is 2.81. The van der Waals surface area contributed by atoms with Gasteiger partial charge in [-0.3, -0.25) is 0 Å². The van der Waals surface area contributed by atoms with E-state index >= 15 is 0 Å². The van der Waals surface area contributed by atoms with Crippen molar-refractivity contribution in [3.8, 4) is 6.07 Å². The minimum atomic E-state index is 0.476. The fourth-order valence-corrected chi connectivity index (χ4v) is 2.77. The van der Waals surface area contributed by atoms with Crippen molar-refractivity contribution in [2.45, 2.75) is 46.6 Å². The van der Waals surface area contributed by atoms with Crippen LogP contribution in [0, 0.1) is 23.2 Å². The molecule has 1 rings (SSSR count). The Morgan fingerprint density at radius 1 is 1.16 bits per heavy atom. The van der Waals surface area contributed by atoms with E-state index in [9.17, 15) is 0 Å². The van der Waals surface area contributed by atoms with Crippen LogP contribution in [0.2, 0.25) is 0 Å². The molecule has 0 heterocycles. The highest BCUT2D eigenvalue weighted by Crippen LogP contribution is 2.26. The lowest BCUT2D eigenvalue weighted by molar-refractivity contribution is 0.442. The fourth-order valence-electron chi connectivity index (χ4n) is 2.27. The number of nitrogens with zero attached hydrogens (tertiary/aromatic N) is 1. The molecule has 0 aromatic heterocycles. The summed E-state index contributed by atoms with van der Waals surface area (Å²) in [5.74, 6) is 1.35. The van der Waals surface area contributed by atoms with E-state index in [0.29, 0.717) is 23.4 Å². The number of nitriles is 1. The van der Waals surface area contributed by atoms with E-state index < -0.39 is 0 Å². The lowest BCUT2D eigenvalue weighted by atomic mass is 9.95. The van der Waals surface area contributed by atoms with Crippen LogP contribution >= 0.6 is 15.9 Å². The average molecular weight is 323 g/mol. The highest BCUT2D eigenvalue weighted by molar-refractivity contribution is 9.10. The molecule has 3 heteroatoms. The maximum absolute atomic E-state index is 8.88. The molecule has 0 atom stereocenters. The SMILES string of the molecule is CC(C)CC(CC(C)C)Nc1ccc(C#N)cc1Br. The van der Waals surface area contributed by atoms with Crippen molar-refractivity contribution in [1.82, 2.24) is 0 Å². The van der Waals surface area contributed by atoms with E-state index in [1.165, 1.54) is 0 Å². The molecule has 0 aliphatic heterocycles. The van der Waals surface area contributed by atoms with Crippen molar-refractivity contribution in [1.29, 1.82) is 5.26 Å². The first-order valence-electron chi connectivity index (χ1n) is 6.88. The van der Waals surface area contributed by atoms with Crippen molar-refractivity contribution in [2.75, 3.05) is 5.32 Å². The van der Waals surface area contributed by atoms with Crippen molar-refractivity contribution in [3.63, 3.8) is 0 Å². The van der Waals surface area contributed by atoms with Crippen LogP contribution in [0.4, 0.5) is 5.69 Å². The summed E-state index contributed by atoms with van der Waals surface area (Å²) in [6.45, 7) is 9.01. The minimum absolute atomic E-state index is 0.476. The van der Waals surface area contributed by atoms with Gasteiger partial charge in [-0.15, -0.1) is 0 Å². The third-order valence-electron chi connectivity index (χ3n) is 2.97. The van der Waals surface area contributed by atoms with E-state index in [1.54, 1.807) is 0 Å². The van der Waals surface area contributed by atoms with E-state index in [1.807, 2.05) is 18.2 Å². The molecule has 104 valence electrons. The third kappa shape index (κ3) is 5.65. The van der Waals surface area contributed by atoms with Crippen LogP contribution in [0.5, 0.6) is 0 Å². The summed E-state index contributed by atoms with van der Waals surface area (Å²) in [6.07, 6.45) is 2.31. The summed E-state index contributed by atoms with van der Waals surface area (Å²) in [6, 6.07) is 8.33. The molecule has 0 amide bonds. The van der Waals surface area contributed by atoms with E-state index in [0.717, 1.165) is 23.0 Å². The molecule has 1 N–H and O–H groups in total. The van der Waals surface area contributed by atoms with Gasteiger partial charge in [-0.2, -0.15) is 5.26 Å². The summed E-state index contributed by atoms with van der Waals surface area (Å²) in [4.78, 5) is 0. The van der Waals surface area contributed by atoms with Gasteiger partial charge in [0.15, 0.2) is 0 Å². The molecule has 0 aliphatic carbocycles. The van der Waals surface area contributed by atoms with Crippen LogP contribution in [-0.2, 0) is 0 Å². The molecule has 19 heavy (non-hydrogen) atoms. The molecule has 0 fully saturated rings. The molecule has 1 aromatic rings. The Kier molecular flexibility index (Phi) is 6.37. The number of nitrogens with one attached hydrogen (secondary N) is 1. The second-order valence-corrected chi connectivity index (χ2v) is 6.76. The smallest absolute Gasteiger partial charge is 0.0992 e. The Labute approximate surface area is 125 Å². The summed E-state index contributed by atoms with van der Waals surface area (Å²) in [7, 11) is 0. The average Bonchev–Trinajstić information content (AvgIpc) is 2.30. The highest BCUT2D eigenvalue weighted by atomic mass is 79.9. The number of hydrogen-bond donors (Lipinski definition) is 1. The lowest BCUT2D eigenvalue weighted by Gasteiger charge is -2.24. The number of rotatable bonds is 6. The molecule has 0 saturated heterocycles. The number of hydrogen-bond acceptors (Lipinski definition) is 2. The molecule has 0 spiro atoms. The van der Waals surface area contributed by atoms with E-state index in [-0.39, 0.29) is 0 Å². The molecule has 0 unspecified atom stereocenters. The van der Waals surface area contributed by atoms with Gasteiger partial charge < -0.3 is 5.32 Å². The molecule has 0 radical (unpaired) electrons. The number of anilines is 1. The molecule has 0 aliphatic rings. The highest BCUT2D eigenvalue weighted by Gasteiger charge is 2.14. The predicted octanol–water partition coefficient (Wildman–Crippen LogP) is 5.19. The summed E-state index contributed by atoms with van der Waals surface area (Å²) in [5.41, 5.74) is 1.76. The predicted molar refractivity (Wildman–Crippen MR) is 85.2 cm³/mol. The molecular formula is C16H23BrN2. The molecular weight excluding hydrogens is 300 g/mol. The zero-order chi connectivity index (χ0) is 14.4. The van der Waals surface area contributed by atoms with Gasteiger partial charge in [0.1, 0.15) is 0 Å². The lowest BCUT2D eigenvalue weighted by Crippen LogP contribution is -2.23. The Morgan fingerprint density at radius 3 is 2.16 bits per heavy atom. The largest absolute Gasteiger partial charge is 0.381 e. The van der Waals surface area contributed by atoms with Gasteiger partial charge in [-0.25, -0.2) is 0 Å². The van der Waals surface area contributed by atoms with Gasteiger partial charge in [-0.05, 0) is 58.8 Å². The van der Waals surface area contributed by atoms with Crippen LogP contribution in [0.3, 0.4) is 0 Å². The van der Waals surface area contributed by atoms with Crippen LogP contribution in [0.15, 0.2) is 22.7 Å². The second kappa shape index (κ2) is 7.55. The monoisotopic (exact) mass is 322 g/mol. The van der Waals surface area contributed by atoms with Crippen LogP contribution in [-0.4, -0.2) is 6.04 Å². The standard InChI is InChI=1S/C16H23BrN2/c1-11(2)7-14(8-12(3)4)19-16-6-5-13(10-18)9-15(16)17/h5-6,9,11-12,14,19H,7-8H2,1-4H3. The first-order valence-corrected chi connectivity index (χ1v) is 7.67. The van der Waals surface area contributed by atoms with Crippen molar-refractivity contribution in [2.24, 2.45) is 11.8 Å². The van der Waals surface area contributed by atoms with Crippen molar-refractivity contribution >= 4 is 21.6 Å². The van der Waals surface area contributed by atoms with E-state index in [2.05, 4.69) is 55.0 Å². The summed E-state index contributed by atoms with van der Waals surface area (Å²) in [5, 5.41) is 12.5. The Bertz CT molecular complexity index is 437. The third-order valence-corrected chi connectivity index (χ3v) is 3.63. The second-order valence-electron chi connectivity index (χ2n) is 5.91. The molecule has 0 bridgehead atoms. The molecule has 0 saturated carbocycles. The Hall–Kier alpha value is -1.01. The molecule has 1 aromatic carbocycles. The maximum Gasteiger partial charge on any atom is 0.0992 e. The van der Waals surface area contributed by atoms with Gasteiger partial charge in [0.05, 0.1) is 11.6 Å². The van der Waals surface area contributed by atoms with Crippen molar-refractivity contribution in [3.05, 3.63) is 28.2 Å². The van der Waals surface area contributed by atoms with Gasteiger partial charge in [0, 0.05) is 16.2 Å². The zero-order valence-electron chi connectivity index (χ0n) is 12.2. The topological polar surface area (TPSA) is 35.8 Å². The normalized spacial score (nSPS) is 11.1. The van der Waals surface area contributed by atoms with Gasteiger partial charge in [-0.1, -0.05) is 27.7 Å². The van der Waals surface area contributed by atoms with Gasteiger partial charge in [0.25, 0.3) is 0 Å². The van der Waals surface area contributed by atoms with Crippen LogP contribution in [0.1, 0.15) is 46.1 Å². The first-order chi connectivity index (χ1) is 8.92. The number of halogens is 1. The maximum atomic E-state index is 8.88. The number of benzene rings is 1. The van der Waals surface area contributed by atoms with Crippen LogP contribution < -0.4 is 5.32 Å². The minimum Gasteiger partial charge on any atom is -0.381 e. The van der Waals surface area contributed by atoms with E-state index in [4.69, 9.17) is 5.26 Å². The summed E-state index contributed by atoms with van der Waals surface area (Å²) < 4.78 is 0.962. The van der Waals surface area contributed by atoms with Crippen molar-refractivity contribution < 1.29 is 0 Å². The van der Waals surface area contributed by atoms with Gasteiger partial charge in [0.2, 0.25) is 0 Å². The Morgan fingerprint density at radius 2 is 1.74 bits per heavy atom. The molecule has 2 nitrogen and oxygen atoms in total. The quantitative estimate of drug-likeness (QED) is 0.781. The summed E-state index contributed by atoms with van der Waals surface area (Å²) >= 11 is 3.54. The van der Waals surface area contributed by atoms with Crippen LogP contribution in [0.25, 0.3) is 0 Å². The fraction of sp³-hybridized carbons (Fsp3) is 0.562. The first kappa shape index (κ1) is 16.0.